The minimum atomic E-state index is -3.50. The summed E-state index contributed by atoms with van der Waals surface area (Å²) in [5.74, 6) is 1.87. The van der Waals surface area contributed by atoms with Crippen molar-refractivity contribution < 1.29 is 17.9 Å². The summed E-state index contributed by atoms with van der Waals surface area (Å²) in [4.78, 5) is 4.86. The van der Waals surface area contributed by atoms with Crippen molar-refractivity contribution in [3.8, 4) is 11.5 Å². The number of nitrogens with one attached hydrogen (secondary N) is 2. The summed E-state index contributed by atoms with van der Waals surface area (Å²) < 4.78 is 37.2. The van der Waals surface area contributed by atoms with Crippen LogP contribution in [0, 0.1) is 0 Å². The molecule has 0 fully saturated rings. The van der Waals surface area contributed by atoms with E-state index in [1.165, 1.54) is 4.31 Å². The highest BCUT2D eigenvalue weighted by atomic mass is 127. The van der Waals surface area contributed by atoms with Crippen LogP contribution in [0.25, 0.3) is 0 Å². The Bertz CT molecular complexity index is 995. The van der Waals surface area contributed by atoms with Crippen molar-refractivity contribution in [1.29, 1.82) is 0 Å². The Morgan fingerprint density at radius 1 is 1.06 bits per heavy atom. The van der Waals surface area contributed by atoms with Crippen LogP contribution in [0.1, 0.15) is 26.3 Å². The van der Waals surface area contributed by atoms with Gasteiger partial charge >= 0.3 is 0 Å². The van der Waals surface area contributed by atoms with Gasteiger partial charge < -0.3 is 20.1 Å². The van der Waals surface area contributed by atoms with Gasteiger partial charge in [0.05, 0.1) is 25.7 Å². The molecule has 0 aliphatic heterocycles. The molecule has 0 heterocycles. The number of guanidine groups is 1. The summed E-state index contributed by atoms with van der Waals surface area (Å²) in [7, 11) is 1.26. The molecule has 10 heteroatoms. The highest BCUT2D eigenvalue weighted by Gasteiger charge is 2.22. The Kier molecular flexibility index (Phi) is 11.2. The molecular weight excluding hydrogens is 543 g/mol. The zero-order valence-corrected chi connectivity index (χ0v) is 22.5. The van der Waals surface area contributed by atoms with E-state index >= 15 is 0 Å². The van der Waals surface area contributed by atoms with Gasteiger partial charge in [-0.2, -0.15) is 4.31 Å². The molecule has 8 nitrogen and oxygen atoms in total. The molecule has 0 atom stereocenters. The second-order valence-corrected chi connectivity index (χ2v) is 9.15. The average Bonchev–Trinajstić information content (AvgIpc) is 2.77. The lowest BCUT2D eigenvalue weighted by Gasteiger charge is -2.21. The molecule has 0 bridgehead atoms. The molecule has 0 aliphatic carbocycles. The highest BCUT2D eigenvalue weighted by molar-refractivity contribution is 14.0. The van der Waals surface area contributed by atoms with Gasteiger partial charge in [-0.25, -0.2) is 13.4 Å². The van der Waals surface area contributed by atoms with Crippen LogP contribution in [-0.4, -0.2) is 52.5 Å². The lowest BCUT2D eigenvalue weighted by atomic mass is 10.2. The fourth-order valence-corrected chi connectivity index (χ4v) is 4.11. The van der Waals surface area contributed by atoms with E-state index in [2.05, 4.69) is 15.6 Å². The SMILES string of the molecule is CCNC(=NCc1ccc(S(=O)(=O)N(C)C(C)C)cc1)Nc1ccc(OC)c(OC)c1.I. The molecule has 2 aromatic carbocycles. The second-order valence-electron chi connectivity index (χ2n) is 7.15. The van der Waals surface area contributed by atoms with Crippen LogP contribution in [0.2, 0.25) is 0 Å². The van der Waals surface area contributed by atoms with E-state index in [1.54, 1.807) is 45.5 Å². The number of benzene rings is 2. The first-order valence-electron chi connectivity index (χ1n) is 10.1. The first-order valence-corrected chi connectivity index (χ1v) is 11.5. The van der Waals surface area contributed by atoms with Gasteiger partial charge in [-0.3, -0.25) is 0 Å². The van der Waals surface area contributed by atoms with Gasteiger partial charge in [0.2, 0.25) is 10.0 Å². The lowest BCUT2D eigenvalue weighted by molar-refractivity contribution is 0.355. The Hall–Kier alpha value is -2.05. The van der Waals surface area contributed by atoms with Gasteiger partial charge in [0.25, 0.3) is 0 Å². The summed E-state index contributed by atoms with van der Waals surface area (Å²) in [6.07, 6.45) is 0. The molecular formula is C22H33IN4O4S. The molecule has 0 radical (unpaired) electrons. The Labute approximate surface area is 208 Å². The van der Waals surface area contributed by atoms with Crippen molar-refractivity contribution in [1.82, 2.24) is 9.62 Å². The third-order valence-electron chi connectivity index (χ3n) is 4.74. The largest absolute Gasteiger partial charge is 0.493 e. The van der Waals surface area contributed by atoms with Crippen molar-refractivity contribution in [2.24, 2.45) is 4.99 Å². The van der Waals surface area contributed by atoms with E-state index in [-0.39, 0.29) is 34.9 Å². The summed E-state index contributed by atoms with van der Waals surface area (Å²) in [6.45, 7) is 6.75. The lowest BCUT2D eigenvalue weighted by Crippen LogP contribution is -2.33. The van der Waals surface area contributed by atoms with Crippen molar-refractivity contribution in [2.45, 2.75) is 38.3 Å². The quantitative estimate of drug-likeness (QED) is 0.267. The number of ether oxygens (including phenoxy) is 2. The fraction of sp³-hybridized carbons (Fsp3) is 0.409. The summed E-state index contributed by atoms with van der Waals surface area (Å²) in [6, 6.07) is 12.2. The predicted molar refractivity (Wildman–Crippen MR) is 140 cm³/mol. The van der Waals surface area contributed by atoms with E-state index in [0.717, 1.165) is 11.3 Å². The smallest absolute Gasteiger partial charge is 0.243 e. The number of hydrogen-bond donors (Lipinski definition) is 2. The minimum absolute atomic E-state index is 0. The number of aliphatic imine (C=N–C) groups is 1. The molecule has 2 N–H and O–H groups in total. The predicted octanol–water partition coefficient (Wildman–Crippen LogP) is 3.93. The topological polar surface area (TPSA) is 92.3 Å². The molecule has 0 spiro atoms. The van der Waals surface area contributed by atoms with Crippen molar-refractivity contribution in [3.63, 3.8) is 0 Å². The molecule has 0 saturated heterocycles. The van der Waals surface area contributed by atoms with Gasteiger partial charge in [0.15, 0.2) is 17.5 Å². The van der Waals surface area contributed by atoms with Crippen LogP contribution < -0.4 is 20.1 Å². The number of anilines is 1. The Morgan fingerprint density at radius 3 is 2.22 bits per heavy atom. The Morgan fingerprint density at radius 2 is 1.69 bits per heavy atom. The molecule has 0 unspecified atom stereocenters. The molecule has 0 saturated carbocycles. The van der Waals surface area contributed by atoms with Crippen molar-refractivity contribution in [3.05, 3.63) is 48.0 Å². The number of rotatable bonds is 9. The van der Waals surface area contributed by atoms with Crippen LogP contribution in [0.4, 0.5) is 5.69 Å². The van der Waals surface area contributed by atoms with E-state index in [1.807, 2.05) is 39.0 Å². The maximum absolute atomic E-state index is 12.6. The molecule has 0 amide bonds. The molecule has 0 aromatic heterocycles. The maximum Gasteiger partial charge on any atom is 0.243 e. The van der Waals surface area contributed by atoms with Crippen molar-refractivity contribution >= 4 is 45.6 Å². The van der Waals surface area contributed by atoms with Crippen LogP contribution in [-0.2, 0) is 16.6 Å². The van der Waals surface area contributed by atoms with Gasteiger partial charge in [0.1, 0.15) is 0 Å². The third-order valence-corrected chi connectivity index (χ3v) is 6.79. The van der Waals surface area contributed by atoms with Crippen LogP contribution >= 0.6 is 24.0 Å². The number of sulfonamides is 1. The average molecular weight is 577 g/mol. The maximum atomic E-state index is 12.6. The summed E-state index contributed by atoms with van der Waals surface area (Å²) in [5.41, 5.74) is 1.70. The molecule has 2 rings (SSSR count). The number of halogens is 1. The highest BCUT2D eigenvalue weighted by Crippen LogP contribution is 2.29. The standard InChI is InChI=1S/C22H32N4O4S.HI/c1-7-23-22(25-18-10-13-20(29-5)21(14-18)30-6)24-15-17-8-11-19(12-9-17)31(27,28)26(4)16(2)3;/h8-14,16H,7,15H2,1-6H3,(H2,23,24,25);1H. The molecule has 0 aliphatic rings. The summed E-state index contributed by atoms with van der Waals surface area (Å²) >= 11 is 0. The van der Waals surface area contributed by atoms with Gasteiger partial charge in [-0.05, 0) is 50.6 Å². The minimum Gasteiger partial charge on any atom is -0.493 e. The fourth-order valence-electron chi connectivity index (χ4n) is 2.74. The number of methoxy groups -OCH3 is 2. The summed E-state index contributed by atoms with van der Waals surface area (Å²) in [5, 5.41) is 6.43. The van der Waals surface area contributed by atoms with Crippen LogP contribution in [0.15, 0.2) is 52.4 Å². The van der Waals surface area contributed by atoms with E-state index in [9.17, 15) is 8.42 Å². The monoisotopic (exact) mass is 576 g/mol. The number of hydrogen-bond acceptors (Lipinski definition) is 5. The van der Waals surface area contributed by atoms with Gasteiger partial charge in [0, 0.05) is 31.4 Å². The van der Waals surface area contributed by atoms with Gasteiger partial charge in [-0.15, -0.1) is 24.0 Å². The normalized spacial score (nSPS) is 11.8. The zero-order chi connectivity index (χ0) is 23.0. The second kappa shape index (κ2) is 12.9. The van der Waals surface area contributed by atoms with Gasteiger partial charge in [-0.1, -0.05) is 12.1 Å². The molecule has 178 valence electrons. The first kappa shape index (κ1) is 28.0. The Balaban J connectivity index is 0.00000512. The van der Waals surface area contributed by atoms with E-state index < -0.39 is 10.0 Å². The van der Waals surface area contributed by atoms with Crippen LogP contribution in [0.5, 0.6) is 11.5 Å². The zero-order valence-electron chi connectivity index (χ0n) is 19.4. The van der Waals surface area contributed by atoms with Crippen LogP contribution in [0.3, 0.4) is 0 Å². The molecule has 32 heavy (non-hydrogen) atoms. The molecule has 2 aromatic rings. The first-order chi connectivity index (χ1) is 14.7. The van der Waals surface area contributed by atoms with E-state index in [0.29, 0.717) is 30.5 Å². The van der Waals surface area contributed by atoms with Crippen molar-refractivity contribution in [2.75, 3.05) is 33.1 Å². The van der Waals surface area contributed by atoms with E-state index in [4.69, 9.17) is 9.47 Å². The number of nitrogens with zero attached hydrogens (tertiary/aromatic N) is 2. The third kappa shape index (κ3) is 7.24.